The maximum absolute atomic E-state index is 6.13. The highest BCUT2D eigenvalue weighted by molar-refractivity contribution is 7.99. The smallest absolute Gasteiger partial charge is 0.0562 e. The number of benzene rings is 1. The molecule has 1 fully saturated rings. The molecule has 1 atom stereocenters. The van der Waals surface area contributed by atoms with E-state index in [1.54, 1.807) is 11.8 Å². The highest BCUT2D eigenvalue weighted by Gasteiger charge is 2.14. The van der Waals surface area contributed by atoms with Gasteiger partial charge in [0.2, 0.25) is 0 Å². The van der Waals surface area contributed by atoms with Crippen molar-refractivity contribution in [1.29, 1.82) is 0 Å². The number of hydrogen-bond acceptors (Lipinski definition) is 3. The summed E-state index contributed by atoms with van der Waals surface area (Å²) in [6, 6.07) is 6.30. The normalized spacial score (nSPS) is 20.9. The van der Waals surface area contributed by atoms with E-state index in [-0.39, 0.29) is 0 Å². The average molecular weight is 257 g/mol. The fourth-order valence-corrected chi connectivity index (χ4v) is 3.37. The summed E-state index contributed by atoms with van der Waals surface area (Å²) >= 11 is 7.89. The van der Waals surface area contributed by atoms with E-state index in [4.69, 9.17) is 17.3 Å². The van der Waals surface area contributed by atoms with Crippen LogP contribution in [-0.2, 0) is 0 Å². The van der Waals surface area contributed by atoms with E-state index in [0.29, 0.717) is 6.04 Å². The van der Waals surface area contributed by atoms with Gasteiger partial charge in [-0.3, -0.25) is 0 Å². The molecule has 2 rings (SSSR count). The van der Waals surface area contributed by atoms with Crippen LogP contribution in [0.25, 0.3) is 0 Å². The lowest BCUT2D eigenvalue weighted by Gasteiger charge is -2.23. The zero-order valence-electron chi connectivity index (χ0n) is 9.21. The Kier molecular flexibility index (Phi) is 4.38. The van der Waals surface area contributed by atoms with Crippen LogP contribution >= 0.6 is 23.4 Å². The van der Waals surface area contributed by atoms with Crippen LogP contribution < -0.4 is 11.1 Å². The maximum Gasteiger partial charge on any atom is 0.0562 e. The van der Waals surface area contributed by atoms with Crippen molar-refractivity contribution in [3.05, 3.63) is 23.2 Å². The standard InChI is InChI=1S/C12H17ClN2S/c13-10-5-3-6-11(14)12(10)16-8-9-4-1-2-7-15-9/h3,5-6,9,15H,1-2,4,7-8,14H2. The second-order valence-electron chi connectivity index (χ2n) is 4.12. The first-order chi connectivity index (χ1) is 7.77. The molecule has 1 unspecified atom stereocenters. The first kappa shape index (κ1) is 12.1. The van der Waals surface area contributed by atoms with Gasteiger partial charge in [0.15, 0.2) is 0 Å². The van der Waals surface area contributed by atoms with Gasteiger partial charge in [0.05, 0.1) is 5.02 Å². The largest absolute Gasteiger partial charge is 0.398 e. The van der Waals surface area contributed by atoms with Gasteiger partial charge in [-0.05, 0) is 31.5 Å². The summed E-state index contributed by atoms with van der Waals surface area (Å²) in [7, 11) is 0. The van der Waals surface area contributed by atoms with Gasteiger partial charge < -0.3 is 11.1 Å². The summed E-state index contributed by atoms with van der Waals surface area (Å²) in [4.78, 5) is 1.02. The van der Waals surface area contributed by atoms with Crippen molar-refractivity contribution in [1.82, 2.24) is 5.32 Å². The van der Waals surface area contributed by atoms with Gasteiger partial charge in [0.25, 0.3) is 0 Å². The number of rotatable bonds is 3. The van der Waals surface area contributed by atoms with Gasteiger partial charge in [0, 0.05) is 22.4 Å². The number of anilines is 1. The molecule has 16 heavy (non-hydrogen) atoms. The van der Waals surface area contributed by atoms with Gasteiger partial charge in [-0.1, -0.05) is 24.1 Å². The predicted molar refractivity (Wildman–Crippen MR) is 72.2 cm³/mol. The lowest BCUT2D eigenvalue weighted by molar-refractivity contribution is 0.430. The zero-order valence-corrected chi connectivity index (χ0v) is 10.8. The predicted octanol–water partition coefficient (Wildman–Crippen LogP) is 3.16. The Labute approximate surface area is 106 Å². The lowest BCUT2D eigenvalue weighted by atomic mass is 10.1. The Morgan fingerprint density at radius 3 is 3.00 bits per heavy atom. The van der Waals surface area contributed by atoms with Gasteiger partial charge in [-0.2, -0.15) is 0 Å². The van der Waals surface area contributed by atoms with Gasteiger partial charge >= 0.3 is 0 Å². The molecule has 1 saturated heterocycles. The number of hydrogen-bond donors (Lipinski definition) is 2. The molecule has 4 heteroatoms. The summed E-state index contributed by atoms with van der Waals surface area (Å²) in [6.45, 7) is 1.14. The fraction of sp³-hybridized carbons (Fsp3) is 0.500. The molecule has 0 radical (unpaired) electrons. The van der Waals surface area contributed by atoms with E-state index in [1.807, 2.05) is 18.2 Å². The Hall–Kier alpha value is -0.380. The summed E-state index contributed by atoms with van der Waals surface area (Å²) < 4.78 is 0. The van der Waals surface area contributed by atoms with Crippen molar-refractivity contribution in [3.8, 4) is 0 Å². The molecule has 0 saturated carbocycles. The molecular weight excluding hydrogens is 240 g/mol. The molecule has 1 aliphatic heterocycles. The SMILES string of the molecule is Nc1cccc(Cl)c1SCC1CCCCN1. The van der Waals surface area contributed by atoms with Crippen LogP contribution in [-0.4, -0.2) is 18.3 Å². The van der Waals surface area contributed by atoms with Crippen molar-refractivity contribution < 1.29 is 0 Å². The molecule has 1 aromatic carbocycles. The Morgan fingerprint density at radius 1 is 1.44 bits per heavy atom. The molecular formula is C12H17ClN2S. The molecule has 1 aliphatic rings. The number of nitrogen functional groups attached to an aromatic ring is 1. The lowest BCUT2D eigenvalue weighted by Crippen LogP contribution is -2.35. The van der Waals surface area contributed by atoms with Crippen LogP contribution in [0.3, 0.4) is 0 Å². The molecule has 2 nitrogen and oxygen atoms in total. The third kappa shape index (κ3) is 3.06. The first-order valence-corrected chi connectivity index (χ1v) is 7.04. The van der Waals surface area contributed by atoms with E-state index >= 15 is 0 Å². The summed E-state index contributed by atoms with van der Waals surface area (Å²) in [5, 5.41) is 4.29. The van der Waals surface area contributed by atoms with E-state index in [9.17, 15) is 0 Å². The molecule has 3 N–H and O–H groups in total. The third-order valence-corrected chi connectivity index (χ3v) is 4.58. The quantitative estimate of drug-likeness (QED) is 0.645. The first-order valence-electron chi connectivity index (χ1n) is 5.67. The topological polar surface area (TPSA) is 38.0 Å². The van der Waals surface area contributed by atoms with Crippen molar-refractivity contribution in [2.45, 2.75) is 30.2 Å². The second kappa shape index (κ2) is 5.80. The molecule has 0 aliphatic carbocycles. The summed E-state index contributed by atoms with van der Waals surface area (Å²) in [6.07, 6.45) is 3.89. The molecule has 1 heterocycles. The van der Waals surface area contributed by atoms with Crippen LogP contribution in [0.1, 0.15) is 19.3 Å². The average Bonchev–Trinajstić information content (AvgIpc) is 2.30. The zero-order chi connectivity index (χ0) is 11.4. The van der Waals surface area contributed by atoms with E-state index in [1.165, 1.54) is 19.3 Å². The monoisotopic (exact) mass is 256 g/mol. The Morgan fingerprint density at radius 2 is 2.31 bits per heavy atom. The van der Waals surface area contributed by atoms with E-state index < -0.39 is 0 Å². The van der Waals surface area contributed by atoms with Crippen LogP contribution in [0.5, 0.6) is 0 Å². The molecule has 0 bridgehead atoms. The highest BCUT2D eigenvalue weighted by Crippen LogP contribution is 2.33. The molecule has 88 valence electrons. The summed E-state index contributed by atoms with van der Waals surface area (Å²) in [5.41, 5.74) is 6.70. The van der Waals surface area contributed by atoms with Crippen LogP contribution in [0, 0.1) is 0 Å². The van der Waals surface area contributed by atoms with Crippen LogP contribution in [0.2, 0.25) is 5.02 Å². The number of nitrogens with one attached hydrogen (secondary N) is 1. The van der Waals surface area contributed by atoms with Gasteiger partial charge in [-0.25, -0.2) is 0 Å². The van der Waals surface area contributed by atoms with E-state index in [2.05, 4.69) is 5.32 Å². The number of thioether (sulfide) groups is 1. The number of nitrogens with two attached hydrogens (primary N) is 1. The minimum absolute atomic E-state index is 0.606. The second-order valence-corrected chi connectivity index (χ2v) is 5.55. The number of piperidine rings is 1. The fourth-order valence-electron chi connectivity index (χ4n) is 1.93. The maximum atomic E-state index is 6.13. The minimum Gasteiger partial charge on any atom is -0.398 e. The van der Waals surface area contributed by atoms with Crippen molar-refractivity contribution >= 4 is 29.1 Å². The molecule has 0 amide bonds. The molecule has 1 aromatic rings. The van der Waals surface area contributed by atoms with Gasteiger partial charge in [-0.15, -0.1) is 11.8 Å². The number of halogens is 1. The third-order valence-electron chi connectivity index (χ3n) is 2.84. The minimum atomic E-state index is 0.606. The highest BCUT2D eigenvalue weighted by atomic mass is 35.5. The van der Waals surface area contributed by atoms with Crippen molar-refractivity contribution in [2.75, 3.05) is 18.0 Å². The summed E-state index contributed by atoms with van der Waals surface area (Å²) in [5.74, 6) is 1.05. The molecule has 0 aromatic heterocycles. The Balaban J connectivity index is 1.93. The van der Waals surface area contributed by atoms with Crippen LogP contribution in [0.4, 0.5) is 5.69 Å². The molecule has 0 spiro atoms. The van der Waals surface area contributed by atoms with Crippen molar-refractivity contribution in [2.24, 2.45) is 0 Å². The van der Waals surface area contributed by atoms with E-state index in [0.717, 1.165) is 27.9 Å². The van der Waals surface area contributed by atoms with Crippen LogP contribution in [0.15, 0.2) is 23.1 Å². The Bertz CT molecular complexity index is 331. The van der Waals surface area contributed by atoms with Gasteiger partial charge in [0.1, 0.15) is 0 Å². The van der Waals surface area contributed by atoms with Crippen molar-refractivity contribution in [3.63, 3.8) is 0 Å².